The lowest BCUT2D eigenvalue weighted by Gasteiger charge is -2.08. The van der Waals surface area contributed by atoms with E-state index in [-0.39, 0.29) is 22.8 Å². The Kier molecular flexibility index (Phi) is 5.53. The summed E-state index contributed by atoms with van der Waals surface area (Å²) in [5.74, 6) is -1.08. The number of hydrogen-bond donors (Lipinski definition) is 1. The van der Waals surface area contributed by atoms with Crippen LogP contribution >= 0.6 is 0 Å². The molecule has 2 rings (SSSR count). The van der Waals surface area contributed by atoms with Gasteiger partial charge in [-0.3, -0.25) is 0 Å². The van der Waals surface area contributed by atoms with Crippen LogP contribution in [0.2, 0.25) is 0 Å². The first-order chi connectivity index (χ1) is 11.4. The van der Waals surface area contributed by atoms with Gasteiger partial charge in [-0.25, -0.2) is 22.3 Å². The van der Waals surface area contributed by atoms with Gasteiger partial charge >= 0.3 is 5.97 Å². The zero-order valence-corrected chi connectivity index (χ0v) is 13.9. The lowest BCUT2D eigenvalue weighted by Crippen LogP contribution is -2.18. The van der Waals surface area contributed by atoms with E-state index < -0.39 is 21.8 Å². The number of nitrogens with one attached hydrogen (secondary N) is 1. The quantitative estimate of drug-likeness (QED) is 0.805. The predicted octanol–water partition coefficient (Wildman–Crippen LogP) is 2.10. The average molecular weight is 353 g/mol. The molecule has 6 nitrogen and oxygen atoms in total. The van der Waals surface area contributed by atoms with E-state index in [2.05, 4.69) is 4.72 Å². The molecule has 0 aliphatic carbocycles. The van der Waals surface area contributed by atoms with Crippen LogP contribution in [0.25, 0.3) is 0 Å². The lowest BCUT2D eigenvalue weighted by atomic mass is 10.2. The summed E-state index contributed by atoms with van der Waals surface area (Å²) in [5, 5.41) is 0. The normalized spacial score (nSPS) is 11.1. The van der Waals surface area contributed by atoms with E-state index in [9.17, 15) is 17.6 Å². The van der Waals surface area contributed by atoms with Crippen molar-refractivity contribution in [3.8, 4) is 5.75 Å². The van der Waals surface area contributed by atoms with Crippen molar-refractivity contribution in [1.82, 2.24) is 4.72 Å². The van der Waals surface area contributed by atoms with Gasteiger partial charge in [0.25, 0.3) is 0 Å². The predicted molar refractivity (Wildman–Crippen MR) is 84.8 cm³/mol. The number of carbonyl (C=O) groups excluding carboxylic acids is 1. The zero-order chi connectivity index (χ0) is 17.7. The van der Waals surface area contributed by atoms with Gasteiger partial charge in [-0.05, 0) is 49.0 Å². The Morgan fingerprint density at radius 3 is 2.38 bits per heavy atom. The molecule has 0 unspecified atom stereocenters. The number of hydrogen-bond acceptors (Lipinski definition) is 5. The van der Waals surface area contributed by atoms with Crippen molar-refractivity contribution in [2.24, 2.45) is 0 Å². The van der Waals surface area contributed by atoms with Crippen LogP contribution in [0.4, 0.5) is 4.39 Å². The van der Waals surface area contributed by atoms with Crippen molar-refractivity contribution in [3.05, 3.63) is 59.4 Å². The minimum Gasteiger partial charge on any atom is -0.494 e. The third kappa shape index (κ3) is 4.09. The molecule has 2 aromatic rings. The summed E-state index contributed by atoms with van der Waals surface area (Å²) in [6.45, 7) is -0.115. The molecule has 0 fully saturated rings. The number of carbonyl (C=O) groups is 1. The van der Waals surface area contributed by atoms with Crippen LogP contribution < -0.4 is 9.46 Å². The fourth-order valence-electron chi connectivity index (χ4n) is 1.92. The summed E-state index contributed by atoms with van der Waals surface area (Å²) in [5.41, 5.74) is 0.662. The summed E-state index contributed by atoms with van der Waals surface area (Å²) >= 11 is 0. The van der Waals surface area contributed by atoms with E-state index in [0.29, 0.717) is 5.56 Å². The molecule has 0 aliphatic heterocycles. The van der Waals surface area contributed by atoms with Crippen molar-refractivity contribution in [1.29, 1.82) is 0 Å². The number of rotatable bonds is 6. The number of benzene rings is 2. The monoisotopic (exact) mass is 353 g/mol. The van der Waals surface area contributed by atoms with Gasteiger partial charge in [-0.2, -0.15) is 0 Å². The van der Waals surface area contributed by atoms with Crippen LogP contribution in [-0.4, -0.2) is 28.5 Å². The van der Waals surface area contributed by atoms with Crippen molar-refractivity contribution < 1.29 is 27.1 Å². The Balaban J connectivity index is 2.04. The minimum atomic E-state index is -3.56. The first-order valence-electron chi connectivity index (χ1n) is 6.90. The SMILES string of the molecule is CNS(=O)(=O)c1ccc(C(=O)OCc2ccc(OC)c(F)c2)cc1. The van der Waals surface area contributed by atoms with Crippen molar-refractivity contribution in [3.63, 3.8) is 0 Å². The topological polar surface area (TPSA) is 81.7 Å². The molecule has 128 valence electrons. The van der Waals surface area contributed by atoms with E-state index in [4.69, 9.17) is 9.47 Å². The molecule has 0 heterocycles. The third-order valence-electron chi connectivity index (χ3n) is 3.26. The van der Waals surface area contributed by atoms with Gasteiger partial charge in [0, 0.05) is 0 Å². The number of ether oxygens (including phenoxy) is 2. The number of esters is 1. The maximum Gasteiger partial charge on any atom is 0.338 e. The van der Waals surface area contributed by atoms with E-state index in [0.717, 1.165) is 0 Å². The molecule has 0 saturated carbocycles. The van der Waals surface area contributed by atoms with Crippen LogP contribution in [0, 0.1) is 5.82 Å². The van der Waals surface area contributed by atoms with Crippen molar-refractivity contribution >= 4 is 16.0 Å². The summed E-state index contributed by atoms with van der Waals surface area (Å²) in [7, 11) is -0.909. The van der Waals surface area contributed by atoms with E-state index in [1.165, 1.54) is 50.6 Å². The molecular weight excluding hydrogens is 337 g/mol. The largest absolute Gasteiger partial charge is 0.494 e. The third-order valence-corrected chi connectivity index (χ3v) is 4.69. The minimum absolute atomic E-state index is 0.0405. The number of methoxy groups -OCH3 is 1. The van der Waals surface area contributed by atoms with E-state index in [1.807, 2.05) is 0 Å². The second kappa shape index (κ2) is 7.41. The number of halogens is 1. The molecule has 8 heteroatoms. The Labute approximate surface area is 139 Å². The van der Waals surface area contributed by atoms with Crippen molar-refractivity contribution in [2.75, 3.05) is 14.2 Å². The molecular formula is C16H16FNO5S. The fraction of sp³-hybridized carbons (Fsp3) is 0.188. The average Bonchev–Trinajstić information content (AvgIpc) is 2.60. The molecule has 1 N–H and O–H groups in total. The maximum absolute atomic E-state index is 13.6. The number of sulfonamides is 1. The summed E-state index contributed by atoms with van der Waals surface area (Å²) < 4.78 is 48.8. The highest BCUT2D eigenvalue weighted by Crippen LogP contribution is 2.18. The van der Waals surface area contributed by atoms with Crippen LogP contribution in [-0.2, 0) is 21.4 Å². The second-order valence-corrected chi connectivity index (χ2v) is 6.66. The standard InChI is InChI=1S/C16H16FNO5S/c1-18-24(20,21)13-6-4-12(5-7-13)16(19)23-10-11-3-8-15(22-2)14(17)9-11/h3-9,18H,10H2,1-2H3. The fourth-order valence-corrected chi connectivity index (χ4v) is 2.65. The Hall–Kier alpha value is -2.45. The highest BCUT2D eigenvalue weighted by atomic mass is 32.2. The van der Waals surface area contributed by atoms with Crippen LogP contribution in [0.5, 0.6) is 5.75 Å². The Morgan fingerprint density at radius 1 is 1.17 bits per heavy atom. The van der Waals surface area contributed by atoms with E-state index in [1.54, 1.807) is 6.07 Å². The van der Waals surface area contributed by atoms with E-state index >= 15 is 0 Å². The second-order valence-electron chi connectivity index (χ2n) is 4.78. The van der Waals surface area contributed by atoms with Crippen LogP contribution in [0.3, 0.4) is 0 Å². The molecule has 0 aromatic heterocycles. The highest BCUT2D eigenvalue weighted by Gasteiger charge is 2.13. The molecule has 24 heavy (non-hydrogen) atoms. The molecule has 0 bridgehead atoms. The molecule has 2 aromatic carbocycles. The van der Waals surface area contributed by atoms with Crippen LogP contribution in [0.1, 0.15) is 15.9 Å². The molecule has 0 radical (unpaired) electrons. The Bertz CT molecular complexity index is 834. The van der Waals surface area contributed by atoms with Crippen LogP contribution in [0.15, 0.2) is 47.4 Å². The first-order valence-corrected chi connectivity index (χ1v) is 8.39. The van der Waals surface area contributed by atoms with Gasteiger partial charge < -0.3 is 9.47 Å². The molecule has 0 spiro atoms. The first kappa shape index (κ1) is 17.9. The maximum atomic E-state index is 13.6. The van der Waals surface area contributed by atoms with Gasteiger partial charge in [0.15, 0.2) is 11.6 Å². The van der Waals surface area contributed by atoms with Gasteiger partial charge in [0.05, 0.1) is 17.6 Å². The van der Waals surface area contributed by atoms with Gasteiger partial charge in [-0.15, -0.1) is 0 Å². The lowest BCUT2D eigenvalue weighted by molar-refractivity contribution is 0.0472. The molecule has 0 saturated heterocycles. The summed E-state index contributed by atoms with van der Waals surface area (Å²) in [6.07, 6.45) is 0. The zero-order valence-electron chi connectivity index (χ0n) is 13.1. The summed E-state index contributed by atoms with van der Waals surface area (Å²) in [6, 6.07) is 9.54. The Morgan fingerprint density at radius 2 is 1.83 bits per heavy atom. The molecule has 0 atom stereocenters. The van der Waals surface area contributed by atoms with Gasteiger partial charge in [0.2, 0.25) is 10.0 Å². The van der Waals surface area contributed by atoms with Gasteiger partial charge in [0.1, 0.15) is 6.61 Å². The van der Waals surface area contributed by atoms with Crippen molar-refractivity contribution in [2.45, 2.75) is 11.5 Å². The highest BCUT2D eigenvalue weighted by molar-refractivity contribution is 7.89. The summed E-state index contributed by atoms with van der Waals surface area (Å²) in [4.78, 5) is 12.0. The molecule has 0 aliphatic rings. The van der Waals surface area contributed by atoms with Gasteiger partial charge in [-0.1, -0.05) is 6.07 Å². The molecule has 0 amide bonds. The smallest absolute Gasteiger partial charge is 0.338 e.